The third kappa shape index (κ3) is 2.33. The summed E-state index contributed by atoms with van der Waals surface area (Å²) in [5.74, 6) is 0.666. The van der Waals surface area contributed by atoms with Crippen molar-refractivity contribution in [3.63, 3.8) is 0 Å². The standard InChI is InChI=1S/C12H22N2O/c13-11(15)12(6-3-7-14-9-12)8-10-4-1-2-5-10/h10,14H,1-9H2,(H2,13,15). The van der Waals surface area contributed by atoms with Crippen LogP contribution in [0.15, 0.2) is 0 Å². The van der Waals surface area contributed by atoms with E-state index in [9.17, 15) is 4.79 Å². The Hall–Kier alpha value is -0.570. The van der Waals surface area contributed by atoms with Gasteiger partial charge in [-0.1, -0.05) is 25.7 Å². The van der Waals surface area contributed by atoms with Gasteiger partial charge in [-0.15, -0.1) is 0 Å². The number of rotatable bonds is 3. The largest absolute Gasteiger partial charge is 0.369 e. The molecule has 1 saturated heterocycles. The number of piperidine rings is 1. The summed E-state index contributed by atoms with van der Waals surface area (Å²) in [5.41, 5.74) is 5.37. The van der Waals surface area contributed by atoms with Crippen LogP contribution in [0, 0.1) is 11.3 Å². The van der Waals surface area contributed by atoms with Gasteiger partial charge in [-0.25, -0.2) is 0 Å². The zero-order valence-corrected chi connectivity index (χ0v) is 9.43. The first-order valence-corrected chi connectivity index (χ1v) is 6.24. The number of primary amides is 1. The minimum Gasteiger partial charge on any atom is -0.369 e. The van der Waals surface area contributed by atoms with Gasteiger partial charge in [0.15, 0.2) is 0 Å². The number of nitrogens with two attached hydrogens (primary N) is 1. The zero-order chi connectivity index (χ0) is 10.7. The van der Waals surface area contributed by atoms with Crippen molar-refractivity contribution in [2.24, 2.45) is 17.1 Å². The van der Waals surface area contributed by atoms with Crippen molar-refractivity contribution in [2.45, 2.75) is 44.9 Å². The molecule has 2 fully saturated rings. The number of hydrogen-bond acceptors (Lipinski definition) is 2. The van der Waals surface area contributed by atoms with E-state index < -0.39 is 0 Å². The molecule has 86 valence electrons. The highest BCUT2D eigenvalue weighted by Gasteiger charge is 2.40. The van der Waals surface area contributed by atoms with E-state index in [0.717, 1.165) is 38.3 Å². The van der Waals surface area contributed by atoms with E-state index >= 15 is 0 Å². The lowest BCUT2D eigenvalue weighted by Gasteiger charge is -2.36. The molecule has 1 aliphatic carbocycles. The lowest BCUT2D eigenvalue weighted by atomic mass is 9.73. The molecule has 0 aromatic rings. The number of carbonyl (C=O) groups is 1. The average Bonchev–Trinajstić information content (AvgIpc) is 2.71. The van der Waals surface area contributed by atoms with E-state index in [1.165, 1.54) is 25.7 Å². The molecule has 3 nitrogen and oxygen atoms in total. The maximum absolute atomic E-state index is 11.6. The molecule has 0 aromatic carbocycles. The van der Waals surface area contributed by atoms with Gasteiger partial charge >= 0.3 is 0 Å². The van der Waals surface area contributed by atoms with Crippen molar-refractivity contribution < 1.29 is 4.79 Å². The predicted molar refractivity (Wildman–Crippen MR) is 60.3 cm³/mol. The molecule has 1 aliphatic heterocycles. The number of amides is 1. The number of nitrogens with one attached hydrogen (secondary N) is 1. The Kier molecular flexibility index (Phi) is 3.29. The van der Waals surface area contributed by atoms with Gasteiger partial charge in [0, 0.05) is 6.54 Å². The van der Waals surface area contributed by atoms with E-state index in [0.29, 0.717) is 0 Å². The lowest BCUT2D eigenvalue weighted by Crippen LogP contribution is -2.49. The summed E-state index contributed by atoms with van der Waals surface area (Å²) in [6.07, 6.45) is 8.39. The van der Waals surface area contributed by atoms with Crippen LogP contribution in [0.3, 0.4) is 0 Å². The molecule has 0 radical (unpaired) electrons. The fourth-order valence-corrected chi connectivity index (χ4v) is 3.22. The molecule has 2 rings (SSSR count). The fraction of sp³-hybridized carbons (Fsp3) is 0.917. The van der Waals surface area contributed by atoms with Gasteiger partial charge in [0.05, 0.1) is 5.41 Å². The second-order valence-corrected chi connectivity index (χ2v) is 5.28. The Balaban J connectivity index is 2.00. The normalized spacial score (nSPS) is 33.1. The van der Waals surface area contributed by atoms with Gasteiger partial charge in [-0.3, -0.25) is 4.79 Å². The summed E-state index contributed by atoms with van der Waals surface area (Å²) < 4.78 is 0. The van der Waals surface area contributed by atoms with Gasteiger partial charge in [0.25, 0.3) is 0 Å². The van der Waals surface area contributed by atoms with Crippen LogP contribution in [0.1, 0.15) is 44.9 Å². The van der Waals surface area contributed by atoms with E-state index in [1.807, 2.05) is 0 Å². The second-order valence-electron chi connectivity index (χ2n) is 5.28. The summed E-state index contributed by atoms with van der Waals surface area (Å²) in [5, 5.41) is 3.33. The fourth-order valence-electron chi connectivity index (χ4n) is 3.22. The van der Waals surface area contributed by atoms with Gasteiger partial charge in [-0.2, -0.15) is 0 Å². The first kappa shape index (κ1) is 10.9. The van der Waals surface area contributed by atoms with Crippen molar-refractivity contribution in [3.05, 3.63) is 0 Å². The molecule has 0 spiro atoms. The Morgan fingerprint density at radius 2 is 2.07 bits per heavy atom. The molecule has 0 aromatic heterocycles. The lowest BCUT2D eigenvalue weighted by molar-refractivity contribution is -0.129. The molecule has 15 heavy (non-hydrogen) atoms. The van der Waals surface area contributed by atoms with Crippen molar-refractivity contribution in [1.29, 1.82) is 0 Å². The Morgan fingerprint density at radius 3 is 2.60 bits per heavy atom. The molecule has 3 heteroatoms. The Morgan fingerprint density at radius 1 is 1.33 bits per heavy atom. The molecular weight excluding hydrogens is 188 g/mol. The van der Waals surface area contributed by atoms with Crippen LogP contribution >= 0.6 is 0 Å². The molecular formula is C12H22N2O. The van der Waals surface area contributed by atoms with Gasteiger partial charge < -0.3 is 11.1 Å². The topological polar surface area (TPSA) is 55.1 Å². The van der Waals surface area contributed by atoms with Crippen LogP contribution in [-0.2, 0) is 4.79 Å². The SMILES string of the molecule is NC(=O)C1(CC2CCCC2)CCCNC1. The molecule has 1 amide bonds. The summed E-state index contributed by atoms with van der Waals surface area (Å²) in [4.78, 5) is 11.6. The van der Waals surface area contributed by atoms with Gasteiger partial charge in [0.1, 0.15) is 0 Å². The molecule has 2 aliphatic rings. The first-order valence-electron chi connectivity index (χ1n) is 6.24. The summed E-state index contributed by atoms with van der Waals surface area (Å²) in [7, 11) is 0. The number of carbonyl (C=O) groups excluding carboxylic acids is 1. The zero-order valence-electron chi connectivity index (χ0n) is 9.43. The summed E-state index contributed by atoms with van der Waals surface area (Å²) in [6, 6.07) is 0. The van der Waals surface area contributed by atoms with Crippen LogP contribution in [0.2, 0.25) is 0 Å². The van der Waals surface area contributed by atoms with Crippen LogP contribution in [0.5, 0.6) is 0 Å². The minimum atomic E-state index is -0.229. The van der Waals surface area contributed by atoms with Crippen LogP contribution < -0.4 is 11.1 Å². The van der Waals surface area contributed by atoms with Crippen molar-refractivity contribution >= 4 is 5.91 Å². The highest BCUT2D eigenvalue weighted by molar-refractivity contribution is 5.81. The molecule has 3 N–H and O–H groups in total. The number of hydrogen-bond donors (Lipinski definition) is 2. The minimum absolute atomic E-state index is 0.0819. The maximum Gasteiger partial charge on any atom is 0.224 e. The molecule has 1 heterocycles. The van der Waals surface area contributed by atoms with Crippen molar-refractivity contribution in [3.8, 4) is 0 Å². The second kappa shape index (κ2) is 4.52. The highest BCUT2D eigenvalue weighted by Crippen LogP contribution is 2.39. The molecule has 1 unspecified atom stereocenters. The van der Waals surface area contributed by atoms with Crippen molar-refractivity contribution in [1.82, 2.24) is 5.32 Å². The maximum atomic E-state index is 11.6. The Bertz CT molecular complexity index is 228. The van der Waals surface area contributed by atoms with Crippen LogP contribution in [0.25, 0.3) is 0 Å². The van der Waals surface area contributed by atoms with Gasteiger partial charge in [-0.05, 0) is 31.7 Å². The third-order valence-corrected chi connectivity index (χ3v) is 4.15. The first-order chi connectivity index (χ1) is 7.23. The van der Waals surface area contributed by atoms with E-state index in [1.54, 1.807) is 0 Å². The monoisotopic (exact) mass is 210 g/mol. The van der Waals surface area contributed by atoms with E-state index in [-0.39, 0.29) is 11.3 Å². The third-order valence-electron chi connectivity index (χ3n) is 4.15. The molecule has 0 bridgehead atoms. The van der Waals surface area contributed by atoms with E-state index in [4.69, 9.17) is 5.73 Å². The quantitative estimate of drug-likeness (QED) is 0.740. The van der Waals surface area contributed by atoms with E-state index in [2.05, 4.69) is 5.32 Å². The smallest absolute Gasteiger partial charge is 0.224 e. The summed E-state index contributed by atoms with van der Waals surface area (Å²) in [6.45, 7) is 1.85. The predicted octanol–water partition coefficient (Wildman–Crippen LogP) is 1.42. The average molecular weight is 210 g/mol. The van der Waals surface area contributed by atoms with Crippen molar-refractivity contribution in [2.75, 3.05) is 13.1 Å². The van der Waals surface area contributed by atoms with Crippen LogP contribution in [-0.4, -0.2) is 19.0 Å². The highest BCUT2D eigenvalue weighted by atomic mass is 16.1. The Labute approximate surface area is 91.8 Å². The summed E-state index contributed by atoms with van der Waals surface area (Å²) >= 11 is 0. The molecule has 1 saturated carbocycles. The molecule has 1 atom stereocenters. The van der Waals surface area contributed by atoms with Crippen LogP contribution in [0.4, 0.5) is 0 Å². The van der Waals surface area contributed by atoms with Gasteiger partial charge in [0.2, 0.25) is 5.91 Å².